The summed E-state index contributed by atoms with van der Waals surface area (Å²) >= 11 is 0. The lowest BCUT2D eigenvalue weighted by molar-refractivity contribution is -0.127. The highest BCUT2D eigenvalue weighted by molar-refractivity contribution is 5.80. The first-order valence-corrected chi connectivity index (χ1v) is 10.3. The molecule has 1 aromatic heterocycles. The van der Waals surface area contributed by atoms with Gasteiger partial charge in [0.1, 0.15) is 11.6 Å². The van der Waals surface area contributed by atoms with Gasteiger partial charge in [-0.2, -0.15) is 0 Å². The van der Waals surface area contributed by atoms with Gasteiger partial charge in [0, 0.05) is 25.8 Å². The Hall–Kier alpha value is -2.60. The monoisotopic (exact) mass is 397 g/mol. The van der Waals surface area contributed by atoms with E-state index in [-0.39, 0.29) is 5.91 Å². The molecule has 6 nitrogen and oxygen atoms in total. The van der Waals surface area contributed by atoms with E-state index in [0.717, 1.165) is 37.7 Å². The minimum Gasteiger partial charge on any atom is -0.481 e. The number of nitrogens with one attached hydrogen (secondary N) is 1. The van der Waals surface area contributed by atoms with Gasteiger partial charge in [0.2, 0.25) is 0 Å². The Balaban J connectivity index is 1.50. The zero-order valence-corrected chi connectivity index (χ0v) is 17.8. The average molecular weight is 398 g/mol. The van der Waals surface area contributed by atoms with Gasteiger partial charge in [-0.3, -0.25) is 4.79 Å². The van der Waals surface area contributed by atoms with Gasteiger partial charge in [0.25, 0.3) is 5.91 Å². The number of carbonyl (C=O) groups excluding carboxylic acids is 1. The molecule has 1 aromatic carbocycles. The summed E-state index contributed by atoms with van der Waals surface area (Å²) in [7, 11) is 0. The van der Waals surface area contributed by atoms with Crippen molar-refractivity contribution in [3.63, 3.8) is 0 Å². The second kappa shape index (κ2) is 9.74. The second-order valence-electron chi connectivity index (χ2n) is 7.78. The number of ether oxygens (including phenoxy) is 2. The van der Waals surface area contributed by atoms with E-state index in [2.05, 4.69) is 42.0 Å². The van der Waals surface area contributed by atoms with Crippen LogP contribution < -0.4 is 15.0 Å². The highest BCUT2D eigenvalue weighted by Gasteiger charge is 2.16. The molecule has 6 heteroatoms. The number of morpholine rings is 1. The number of aromatic nitrogens is 1. The second-order valence-corrected chi connectivity index (χ2v) is 7.78. The summed E-state index contributed by atoms with van der Waals surface area (Å²) < 4.78 is 11.2. The molecule has 2 aromatic rings. The van der Waals surface area contributed by atoms with Crippen LogP contribution in [0.4, 0.5) is 5.82 Å². The van der Waals surface area contributed by atoms with Crippen LogP contribution in [0.5, 0.6) is 5.75 Å². The summed E-state index contributed by atoms with van der Waals surface area (Å²) in [5, 5.41) is 2.92. The van der Waals surface area contributed by atoms with E-state index < -0.39 is 6.10 Å². The molecule has 0 radical (unpaired) electrons. The van der Waals surface area contributed by atoms with Gasteiger partial charge in [0.15, 0.2) is 6.10 Å². The third-order valence-corrected chi connectivity index (χ3v) is 5.16. The molecule has 2 heterocycles. The first kappa shape index (κ1) is 21.1. The molecule has 0 saturated carbocycles. The molecule has 1 saturated heterocycles. The summed E-state index contributed by atoms with van der Waals surface area (Å²) in [6, 6.07) is 9.98. The Bertz CT molecular complexity index is 815. The van der Waals surface area contributed by atoms with E-state index in [9.17, 15) is 4.79 Å². The molecule has 1 aliphatic rings. The van der Waals surface area contributed by atoms with Crippen LogP contribution in [0.3, 0.4) is 0 Å². The predicted octanol–water partition coefficient (Wildman–Crippen LogP) is 3.43. The van der Waals surface area contributed by atoms with E-state index in [4.69, 9.17) is 9.47 Å². The minimum absolute atomic E-state index is 0.146. The molecular formula is C23H31N3O3. The number of amides is 1. The summed E-state index contributed by atoms with van der Waals surface area (Å²) in [5.74, 6) is 1.98. The van der Waals surface area contributed by atoms with Crippen molar-refractivity contribution in [1.82, 2.24) is 10.3 Å². The van der Waals surface area contributed by atoms with Crippen molar-refractivity contribution in [2.24, 2.45) is 0 Å². The van der Waals surface area contributed by atoms with Crippen molar-refractivity contribution < 1.29 is 14.3 Å². The highest BCUT2D eigenvalue weighted by atomic mass is 16.5. The Labute approximate surface area is 173 Å². The zero-order valence-electron chi connectivity index (χ0n) is 17.8. The van der Waals surface area contributed by atoms with E-state index in [1.54, 1.807) is 6.92 Å². The van der Waals surface area contributed by atoms with Crippen LogP contribution in [0.15, 0.2) is 36.5 Å². The Kier molecular flexibility index (Phi) is 7.09. The lowest BCUT2D eigenvalue weighted by Gasteiger charge is -2.27. The van der Waals surface area contributed by atoms with E-state index in [1.165, 1.54) is 11.1 Å². The summed E-state index contributed by atoms with van der Waals surface area (Å²) in [4.78, 5) is 19.1. The van der Waals surface area contributed by atoms with Crippen molar-refractivity contribution >= 4 is 11.7 Å². The highest BCUT2D eigenvalue weighted by Crippen LogP contribution is 2.24. The lowest BCUT2D eigenvalue weighted by atomic mass is 9.98. The van der Waals surface area contributed by atoms with Crippen molar-refractivity contribution in [3.8, 4) is 5.75 Å². The fraction of sp³-hybridized carbons (Fsp3) is 0.478. The summed E-state index contributed by atoms with van der Waals surface area (Å²) in [5.41, 5.74) is 3.43. The van der Waals surface area contributed by atoms with Crippen LogP contribution in [0, 0.1) is 6.92 Å². The van der Waals surface area contributed by atoms with Crippen LogP contribution in [0.1, 0.15) is 43.4 Å². The minimum atomic E-state index is -0.570. The van der Waals surface area contributed by atoms with Gasteiger partial charge in [-0.25, -0.2) is 4.98 Å². The van der Waals surface area contributed by atoms with Crippen LogP contribution in [0.25, 0.3) is 0 Å². The predicted molar refractivity (Wildman–Crippen MR) is 114 cm³/mol. The molecule has 1 atom stereocenters. The Morgan fingerprint density at radius 3 is 2.59 bits per heavy atom. The Morgan fingerprint density at radius 1 is 1.21 bits per heavy atom. The molecule has 156 valence electrons. The number of hydrogen-bond acceptors (Lipinski definition) is 5. The number of nitrogens with zero attached hydrogens (tertiary/aromatic N) is 2. The fourth-order valence-electron chi connectivity index (χ4n) is 3.46. The molecule has 1 amide bonds. The van der Waals surface area contributed by atoms with Crippen LogP contribution in [-0.4, -0.2) is 43.3 Å². The fourth-order valence-corrected chi connectivity index (χ4v) is 3.46. The Morgan fingerprint density at radius 2 is 1.97 bits per heavy atom. The van der Waals surface area contributed by atoms with E-state index >= 15 is 0 Å². The van der Waals surface area contributed by atoms with Gasteiger partial charge >= 0.3 is 0 Å². The number of carbonyl (C=O) groups is 1. The normalized spacial score (nSPS) is 15.3. The topological polar surface area (TPSA) is 63.7 Å². The largest absolute Gasteiger partial charge is 0.481 e. The molecule has 1 unspecified atom stereocenters. The average Bonchev–Trinajstić information content (AvgIpc) is 2.72. The van der Waals surface area contributed by atoms with Crippen molar-refractivity contribution in [3.05, 3.63) is 53.2 Å². The molecule has 1 fully saturated rings. The molecule has 0 spiro atoms. The van der Waals surface area contributed by atoms with Crippen LogP contribution in [0.2, 0.25) is 0 Å². The van der Waals surface area contributed by atoms with Crippen LogP contribution in [-0.2, 0) is 16.1 Å². The van der Waals surface area contributed by atoms with E-state index in [1.807, 2.05) is 30.5 Å². The number of rotatable bonds is 7. The van der Waals surface area contributed by atoms with Crippen molar-refractivity contribution in [1.29, 1.82) is 0 Å². The summed E-state index contributed by atoms with van der Waals surface area (Å²) in [6.45, 7) is 11.8. The third-order valence-electron chi connectivity index (χ3n) is 5.16. The number of anilines is 1. The number of aryl methyl sites for hydroxylation is 1. The summed E-state index contributed by atoms with van der Waals surface area (Å²) in [6.07, 6.45) is 1.24. The van der Waals surface area contributed by atoms with Crippen molar-refractivity contribution in [2.45, 2.75) is 46.3 Å². The quantitative estimate of drug-likeness (QED) is 0.775. The lowest BCUT2D eigenvalue weighted by Crippen LogP contribution is -2.37. The van der Waals surface area contributed by atoms with Gasteiger partial charge in [-0.05, 0) is 54.7 Å². The molecule has 0 aliphatic carbocycles. The third kappa shape index (κ3) is 5.70. The SMILES string of the molecule is Cc1cc(OC(C)C(=O)NCc2ccc(N3CCOCC3)nc2)ccc1C(C)C. The number of pyridine rings is 1. The maximum Gasteiger partial charge on any atom is 0.261 e. The molecule has 0 bridgehead atoms. The molecular weight excluding hydrogens is 366 g/mol. The van der Waals surface area contributed by atoms with Crippen LogP contribution >= 0.6 is 0 Å². The molecule has 29 heavy (non-hydrogen) atoms. The number of benzene rings is 1. The van der Waals surface area contributed by atoms with Gasteiger partial charge in [-0.15, -0.1) is 0 Å². The van der Waals surface area contributed by atoms with Gasteiger partial charge < -0.3 is 19.7 Å². The zero-order chi connectivity index (χ0) is 20.8. The van der Waals surface area contributed by atoms with Gasteiger partial charge in [0.05, 0.1) is 13.2 Å². The van der Waals surface area contributed by atoms with Gasteiger partial charge in [-0.1, -0.05) is 26.0 Å². The van der Waals surface area contributed by atoms with E-state index in [0.29, 0.717) is 18.2 Å². The first-order chi connectivity index (χ1) is 13.9. The molecule has 3 rings (SSSR count). The number of hydrogen-bond donors (Lipinski definition) is 1. The first-order valence-electron chi connectivity index (χ1n) is 10.3. The standard InChI is InChI=1S/C23H31N3O3/c1-16(2)21-7-6-20(13-17(21)3)29-18(4)23(27)25-15-19-5-8-22(24-14-19)26-9-11-28-12-10-26/h5-8,13-14,16,18H,9-12,15H2,1-4H3,(H,25,27). The maximum absolute atomic E-state index is 12.4. The molecule has 1 aliphatic heterocycles. The van der Waals surface area contributed by atoms with Crippen molar-refractivity contribution in [2.75, 3.05) is 31.2 Å². The molecule has 1 N–H and O–H groups in total. The smallest absolute Gasteiger partial charge is 0.261 e. The maximum atomic E-state index is 12.4.